The molecule has 2 aromatic carbocycles. The number of benzene rings is 2. The summed E-state index contributed by atoms with van der Waals surface area (Å²) in [6.07, 6.45) is 19.7. The Morgan fingerprint density at radius 1 is 0.526 bits per heavy atom. The first-order chi connectivity index (χ1) is 18.3. The van der Waals surface area contributed by atoms with Crippen molar-refractivity contribution in [1.82, 2.24) is 0 Å². The van der Waals surface area contributed by atoms with Crippen molar-refractivity contribution in [3.05, 3.63) is 48.5 Å². The Balaban J connectivity index is 0.00000132. The van der Waals surface area contributed by atoms with Crippen LogP contribution in [0.2, 0.25) is 0 Å². The van der Waals surface area contributed by atoms with Crippen LogP contribution in [0.15, 0.2) is 58.3 Å². The van der Waals surface area contributed by atoms with Crippen molar-refractivity contribution in [3.8, 4) is 11.5 Å². The molecule has 0 aliphatic rings. The van der Waals surface area contributed by atoms with Gasteiger partial charge in [-0.25, -0.2) is 0 Å². The lowest BCUT2D eigenvalue weighted by molar-refractivity contribution is 0.368. The van der Waals surface area contributed by atoms with Gasteiger partial charge in [0.15, 0.2) is 9.79 Å². The van der Waals surface area contributed by atoms with Crippen LogP contribution in [0.3, 0.4) is 0 Å². The number of hydrogen-bond donors (Lipinski definition) is 0. The summed E-state index contributed by atoms with van der Waals surface area (Å²) in [5.41, 5.74) is 0. The van der Waals surface area contributed by atoms with Gasteiger partial charge < -0.3 is 26.7 Å². The van der Waals surface area contributed by atoms with Gasteiger partial charge in [-0.05, 0) is 61.4 Å². The largest absolute Gasteiger partial charge is 0.673 e. The second-order valence-electron chi connectivity index (χ2n) is 9.54. The van der Waals surface area contributed by atoms with Gasteiger partial charge in [0, 0.05) is 0 Å². The molecule has 2 rings (SSSR count). The van der Waals surface area contributed by atoms with Crippen LogP contribution in [-0.2, 0) is 10.9 Å². The third-order valence-corrected chi connectivity index (χ3v) is 8.77. The molecule has 0 aromatic heterocycles. The van der Waals surface area contributed by atoms with E-state index < -0.39 is 7.25 Å². The molecule has 0 unspecified atom stereocenters. The summed E-state index contributed by atoms with van der Waals surface area (Å²) in [7, 11) is -2.44. The van der Waals surface area contributed by atoms with Crippen molar-refractivity contribution in [2.45, 2.75) is 107 Å². The zero-order valence-corrected chi connectivity index (χ0v) is 24.4. The first kappa shape index (κ1) is 34.2. The predicted octanol–water partition coefficient (Wildman–Crippen LogP) is 10.5. The third-order valence-electron chi connectivity index (χ3n) is 6.39. The molecule has 0 aliphatic heterocycles. The van der Waals surface area contributed by atoms with E-state index >= 15 is 0 Å². The van der Waals surface area contributed by atoms with Crippen molar-refractivity contribution >= 4 is 18.1 Å². The molecule has 0 atom stereocenters. The molecule has 0 radical (unpaired) electrons. The maximum Gasteiger partial charge on any atom is 0.673 e. The molecule has 0 spiro atoms. The van der Waals surface area contributed by atoms with E-state index in [2.05, 4.69) is 55.5 Å². The maximum absolute atomic E-state index is 9.75. The van der Waals surface area contributed by atoms with Crippen molar-refractivity contribution < 1.29 is 26.7 Å². The lowest BCUT2D eigenvalue weighted by atomic mass is 10.0. The summed E-state index contributed by atoms with van der Waals surface area (Å²) < 4.78 is 49.7. The first-order valence-corrected chi connectivity index (χ1v) is 15.5. The molecule has 0 bridgehead atoms. The Labute approximate surface area is 231 Å². The average molecular weight is 559 g/mol. The fraction of sp³-hybridized carbons (Fsp3) is 0.600. The lowest BCUT2D eigenvalue weighted by Gasteiger charge is -2.10. The number of unbranched alkanes of at least 4 members (excludes halogenated alkanes) is 13. The normalized spacial score (nSPS) is 11.3. The standard InChI is InChI=1S/C30H47O2S.BF4/c1-4-5-6-7-8-9-10-11-12-13-14-15-16-17-26-33(29-22-18-27(31-2)19-23-29)30-24-20-28(32-3)21-25-30;2-1(3,4)5/h18-25H,4-17,26H2,1-3H3;/q+1;-1. The predicted molar refractivity (Wildman–Crippen MR) is 155 cm³/mol. The summed E-state index contributed by atoms with van der Waals surface area (Å²) >= 11 is 0. The maximum atomic E-state index is 9.75. The van der Waals surface area contributed by atoms with E-state index in [4.69, 9.17) is 9.47 Å². The van der Waals surface area contributed by atoms with E-state index in [1.807, 2.05) is 0 Å². The average Bonchev–Trinajstić information content (AvgIpc) is 2.90. The molecule has 0 amide bonds. The highest BCUT2D eigenvalue weighted by Crippen LogP contribution is 2.28. The summed E-state index contributed by atoms with van der Waals surface area (Å²) in [6, 6.07) is 17.3. The second kappa shape index (κ2) is 21.1. The number of halogens is 4. The van der Waals surface area contributed by atoms with Gasteiger partial charge in [0.2, 0.25) is 0 Å². The lowest BCUT2D eigenvalue weighted by Crippen LogP contribution is -2.09. The Morgan fingerprint density at radius 2 is 0.816 bits per heavy atom. The SMILES string of the molecule is CCCCCCCCCCCCCCCC[S+](c1ccc(OC)cc1)c1ccc(OC)cc1.F[B-](F)(F)F. The Bertz CT molecular complexity index is 763. The van der Waals surface area contributed by atoms with Crippen LogP contribution in [-0.4, -0.2) is 27.2 Å². The molecule has 8 heteroatoms. The number of rotatable bonds is 19. The minimum absolute atomic E-state index is 0.101. The van der Waals surface area contributed by atoms with Gasteiger partial charge >= 0.3 is 7.25 Å². The zero-order chi connectivity index (χ0) is 28.1. The Kier molecular flexibility index (Phi) is 18.9. The monoisotopic (exact) mass is 558 g/mol. The highest BCUT2D eigenvalue weighted by atomic mass is 32.2. The zero-order valence-electron chi connectivity index (χ0n) is 23.5. The fourth-order valence-electron chi connectivity index (χ4n) is 4.29. The molecule has 0 saturated heterocycles. The van der Waals surface area contributed by atoms with Crippen LogP contribution in [0.1, 0.15) is 96.8 Å². The number of hydrogen-bond acceptors (Lipinski definition) is 2. The molecular weight excluding hydrogens is 511 g/mol. The first-order valence-electron chi connectivity index (χ1n) is 14.1. The molecule has 0 N–H and O–H groups in total. The Hall–Kier alpha value is -1.83. The molecular formula is C30H47BF4O2S. The molecule has 0 heterocycles. The second-order valence-corrected chi connectivity index (χ2v) is 11.7. The summed E-state index contributed by atoms with van der Waals surface area (Å²) in [6.45, 7) is 2.29. The topological polar surface area (TPSA) is 18.5 Å². The van der Waals surface area contributed by atoms with E-state index in [-0.39, 0.29) is 10.9 Å². The minimum atomic E-state index is -6.00. The molecule has 2 aromatic rings. The molecule has 0 saturated carbocycles. The van der Waals surface area contributed by atoms with Crippen molar-refractivity contribution in [1.29, 1.82) is 0 Å². The molecule has 38 heavy (non-hydrogen) atoms. The van der Waals surface area contributed by atoms with Crippen LogP contribution in [0.25, 0.3) is 0 Å². The van der Waals surface area contributed by atoms with Crippen LogP contribution in [0, 0.1) is 0 Å². The highest BCUT2D eigenvalue weighted by Gasteiger charge is 2.25. The van der Waals surface area contributed by atoms with Crippen LogP contribution in [0.4, 0.5) is 17.3 Å². The smallest absolute Gasteiger partial charge is 0.497 e. The third kappa shape index (κ3) is 17.6. The summed E-state index contributed by atoms with van der Waals surface area (Å²) in [5, 5.41) is 0. The highest BCUT2D eigenvalue weighted by molar-refractivity contribution is 7.97. The van der Waals surface area contributed by atoms with Gasteiger partial charge in [0.25, 0.3) is 0 Å². The number of methoxy groups -OCH3 is 2. The number of ether oxygens (including phenoxy) is 2. The summed E-state index contributed by atoms with van der Waals surface area (Å²) in [4.78, 5) is 2.80. The van der Waals surface area contributed by atoms with Crippen LogP contribution < -0.4 is 9.47 Å². The van der Waals surface area contributed by atoms with Gasteiger partial charge in [-0.1, -0.05) is 84.0 Å². The molecule has 0 aliphatic carbocycles. The minimum Gasteiger partial charge on any atom is -0.497 e. The van der Waals surface area contributed by atoms with Crippen LogP contribution >= 0.6 is 0 Å². The van der Waals surface area contributed by atoms with Gasteiger partial charge in [-0.15, -0.1) is 0 Å². The molecule has 216 valence electrons. The van der Waals surface area contributed by atoms with E-state index in [1.54, 1.807) is 14.2 Å². The fourth-order valence-corrected chi connectivity index (χ4v) is 6.46. The quantitative estimate of drug-likeness (QED) is 0.0739. The van der Waals surface area contributed by atoms with E-state index in [0.717, 1.165) is 11.5 Å². The van der Waals surface area contributed by atoms with Crippen LogP contribution in [0.5, 0.6) is 11.5 Å². The van der Waals surface area contributed by atoms with Crippen molar-refractivity contribution in [2.24, 2.45) is 0 Å². The van der Waals surface area contributed by atoms with Gasteiger partial charge in [0.05, 0.1) is 25.1 Å². The van der Waals surface area contributed by atoms with Gasteiger partial charge in [0.1, 0.15) is 17.3 Å². The van der Waals surface area contributed by atoms with E-state index in [9.17, 15) is 17.3 Å². The summed E-state index contributed by atoms with van der Waals surface area (Å²) in [5.74, 6) is 3.07. The Morgan fingerprint density at radius 3 is 1.11 bits per heavy atom. The molecule has 2 nitrogen and oxygen atoms in total. The van der Waals surface area contributed by atoms with Crippen molar-refractivity contribution in [3.63, 3.8) is 0 Å². The van der Waals surface area contributed by atoms with E-state index in [0.29, 0.717) is 0 Å². The van der Waals surface area contributed by atoms with Gasteiger partial charge in [-0.2, -0.15) is 0 Å². The van der Waals surface area contributed by atoms with Crippen molar-refractivity contribution in [2.75, 3.05) is 20.0 Å². The van der Waals surface area contributed by atoms with E-state index in [1.165, 1.54) is 105 Å². The van der Waals surface area contributed by atoms with Gasteiger partial charge in [-0.3, -0.25) is 0 Å². The molecule has 0 fully saturated rings.